The second-order valence-corrected chi connectivity index (χ2v) is 5.12. The summed E-state index contributed by atoms with van der Waals surface area (Å²) in [7, 11) is 0. The number of halogens is 1. The molecule has 19 heavy (non-hydrogen) atoms. The van der Waals surface area contributed by atoms with Crippen molar-refractivity contribution in [1.82, 2.24) is 10.1 Å². The van der Waals surface area contributed by atoms with Crippen LogP contribution in [0.5, 0.6) is 0 Å². The van der Waals surface area contributed by atoms with E-state index in [1.807, 2.05) is 55.5 Å². The number of hydrogen-bond donors (Lipinski definition) is 0. The summed E-state index contributed by atoms with van der Waals surface area (Å²) in [6.07, 6.45) is 0. The molecule has 2 aromatic carbocycles. The summed E-state index contributed by atoms with van der Waals surface area (Å²) < 4.78 is 6.27. The zero-order valence-corrected chi connectivity index (χ0v) is 11.9. The molecule has 0 unspecified atom stereocenters. The van der Waals surface area contributed by atoms with Crippen molar-refractivity contribution in [1.29, 1.82) is 0 Å². The summed E-state index contributed by atoms with van der Waals surface area (Å²) in [6, 6.07) is 15.8. The molecule has 0 aliphatic rings. The van der Waals surface area contributed by atoms with Crippen molar-refractivity contribution in [3.63, 3.8) is 0 Å². The minimum absolute atomic E-state index is 0.533. The third-order valence-electron chi connectivity index (χ3n) is 2.84. The fourth-order valence-electron chi connectivity index (χ4n) is 1.79. The summed E-state index contributed by atoms with van der Waals surface area (Å²) in [6.45, 7) is 2.05. The smallest absolute Gasteiger partial charge is 0.258 e. The lowest BCUT2D eigenvalue weighted by Gasteiger charge is -1.96. The van der Waals surface area contributed by atoms with Gasteiger partial charge in [-0.2, -0.15) is 4.98 Å². The molecule has 4 heteroatoms. The molecule has 0 saturated carbocycles. The maximum Gasteiger partial charge on any atom is 0.258 e. The Bertz CT molecular complexity index is 704. The van der Waals surface area contributed by atoms with Gasteiger partial charge in [-0.25, -0.2) is 0 Å². The molecule has 3 nitrogen and oxygen atoms in total. The maximum atomic E-state index is 5.32. The van der Waals surface area contributed by atoms with Crippen molar-refractivity contribution in [2.24, 2.45) is 0 Å². The number of aryl methyl sites for hydroxylation is 1. The molecule has 94 valence electrons. The van der Waals surface area contributed by atoms with Gasteiger partial charge in [0.25, 0.3) is 5.89 Å². The molecule has 0 N–H and O–H groups in total. The average Bonchev–Trinajstić information content (AvgIpc) is 2.89. The van der Waals surface area contributed by atoms with Crippen LogP contribution in [0.4, 0.5) is 0 Å². The second kappa shape index (κ2) is 4.97. The molecule has 0 amide bonds. The summed E-state index contributed by atoms with van der Waals surface area (Å²) in [5, 5.41) is 4.03. The fourth-order valence-corrected chi connectivity index (χ4v) is 2.25. The molecule has 0 fully saturated rings. The molecule has 3 rings (SSSR count). The fraction of sp³-hybridized carbons (Fsp3) is 0.0667. The first kappa shape index (κ1) is 12.1. The monoisotopic (exact) mass is 314 g/mol. The van der Waals surface area contributed by atoms with Crippen molar-refractivity contribution < 1.29 is 4.52 Å². The molecule has 1 aromatic heterocycles. The summed E-state index contributed by atoms with van der Waals surface area (Å²) in [5.74, 6) is 1.12. The van der Waals surface area contributed by atoms with Gasteiger partial charge < -0.3 is 4.52 Å². The van der Waals surface area contributed by atoms with Crippen LogP contribution in [0.1, 0.15) is 5.56 Å². The normalized spacial score (nSPS) is 10.6. The van der Waals surface area contributed by atoms with E-state index in [-0.39, 0.29) is 0 Å². The minimum Gasteiger partial charge on any atom is -0.334 e. The van der Waals surface area contributed by atoms with Gasteiger partial charge in [-0.05, 0) is 31.2 Å². The highest BCUT2D eigenvalue weighted by atomic mass is 79.9. The Labute approximate surface area is 119 Å². The molecule has 3 aromatic rings. The van der Waals surface area contributed by atoms with Crippen LogP contribution in [-0.4, -0.2) is 10.1 Å². The Morgan fingerprint density at radius 3 is 2.47 bits per heavy atom. The Hall–Kier alpha value is -1.94. The lowest BCUT2D eigenvalue weighted by molar-refractivity contribution is 0.432. The van der Waals surface area contributed by atoms with E-state index in [4.69, 9.17) is 4.52 Å². The molecule has 0 aliphatic carbocycles. The van der Waals surface area contributed by atoms with Crippen LogP contribution in [0.25, 0.3) is 22.8 Å². The molecule has 0 bridgehead atoms. The van der Waals surface area contributed by atoms with E-state index < -0.39 is 0 Å². The van der Waals surface area contributed by atoms with Gasteiger partial charge in [0.1, 0.15) is 0 Å². The number of rotatable bonds is 2. The Morgan fingerprint density at radius 2 is 1.74 bits per heavy atom. The van der Waals surface area contributed by atoms with Crippen LogP contribution < -0.4 is 0 Å². The van der Waals surface area contributed by atoms with E-state index in [0.717, 1.165) is 15.6 Å². The molecular weight excluding hydrogens is 304 g/mol. The second-order valence-electron chi connectivity index (χ2n) is 4.27. The van der Waals surface area contributed by atoms with Gasteiger partial charge in [-0.3, -0.25) is 0 Å². The van der Waals surface area contributed by atoms with Crippen LogP contribution in [0, 0.1) is 6.92 Å². The largest absolute Gasteiger partial charge is 0.334 e. The first-order chi connectivity index (χ1) is 9.24. The van der Waals surface area contributed by atoms with Crippen LogP contribution in [0.3, 0.4) is 0 Å². The van der Waals surface area contributed by atoms with Gasteiger partial charge in [-0.15, -0.1) is 0 Å². The van der Waals surface area contributed by atoms with Crippen molar-refractivity contribution in [3.05, 3.63) is 58.6 Å². The van der Waals surface area contributed by atoms with E-state index in [9.17, 15) is 0 Å². The Balaban J connectivity index is 2.00. The van der Waals surface area contributed by atoms with Crippen LogP contribution >= 0.6 is 15.9 Å². The van der Waals surface area contributed by atoms with Gasteiger partial charge in [0.15, 0.2) is 0 Å². The van der Waals surface area contributed by atoms with Gasteiger partial charge in [0.05, 0.1) is 0 Å². The third-order valence-corrected chi connectivity index (χ3v) is 3.53. The van der Waals surface area contributed by atoms with Gasteiger partial charge in [0, 0.05) is 15.6 Å². The van der Waals surface area contributed by atoms with Gasteiger partial charge in [-0.1, -0.05) is 50.9 Å². The number of aromatic nitrogens is 2. The van der Waals surface area contributed by atoms with Gasteiger partial charge >= 0.3 is 0 Å². The highest BCUT2D eigenvalue weighted by Gasteiger charge is 2.12. The quantitative estimate of drug-likeness (QED) is 0.700. The lowest BCUT2D eigenvalue weighted by atomic mass is 10.1. The number of benzene rings is 2. The van der Waals surface area contributed by atoms with E-state index in [1.54, 1.807) is 0 Å². The molecule has 0 aliphatic heterocycles. The highest BCUT2D eigenvalue weighted by Crippen LogP contribution is 2.27. The summed E-state index contributed by atoms with van der Waals surface area (Å²) in [4.78, 5) is 4.43. The number of hydrogen-bond acceptors (Lipinski definition) is 3. The molecule has 0 atom stereocenters. The first-order valence-corrected chi connectivity index (χ1v) is 6.69. The minimum atomic E-state index is 0.533. The predicted octanol–water partition coefficient (Wildman–Crippen LogP) is 4.47. The molecular formula is C15H11BrN2O. The van der Waals surface area contributed by atoms with E-state index in [0.29, 0.717) is 11.7 Å². The molecule has 0 radical (unpaired) electrons. The molecule has 0 spiro atoms. The summed E-state index contributed by atoms with van der Waals surface area (Å²) >= 11 is 3.49. The molecule has 1 heterocycles. The Morgan fingerprint density at radius 1 is 1.00 bits per heavy atom. The van der Waals surface area contributed by atoms with Crippen LogP contribution in [0.2, 0.25) is 0 Å². The highest BCUT2D eigenvalue weighted by molar-refractivity contribution is 9.10. The zero-order chi connectivity index (χ0) is 13.2. The predicted molar refractivity (Wildman–Crippen MR) is 77.6 cm³/mol. The Kier molecular flexibility index (Phi) is 3.17. The van der Waals surface area contributed by atoms with Crippen molar-refractivity contribution >= 4 is 15.9 Å². The van der Waals surface area contributed by atoms with Crippen molar-refractivity contribution in [3.8, 4) is 22.8 Å². The maximum absolute atomic E-state index is 5.32. The average molecular weight is 315 g/mol. The number of nitrogens with zero attached hydrogens (tertiary/aromatic N) is 2. The van der Waals surface area contributed by atoms with Crippen LogP contribution in [-0.2, 0) is 0 Å². The topological polar surface area (TPSA) is 38.9 Å². The molecule has 0 saturated heterocycles. The van der Waals surface area contributed by atoms with Crippen molar-refractivity contribution in [2.75, 3.05) is 0 Å². The van der Waals surface area contributed by atoms with E-state index >= 15 is 0 Å². The standard InChI is InChI=1S/C15H11BrN2O/c1-10-6-8-11(9-7-10)15-17-14(18-19-15)12-4-2-3-5-13(12)16/h2-9H,1H3. The lowest BCUT2D eigenvalue weighted by Crippen LogP contribution is -1.82. The summed E-state index contributed by atoms with van der Waals surface area (Å²) in [5.41, 5.74) is 3.05. The zero-order valence-electron chi connectivity index (χ0n) is 10.3. The van der Waals surface area contributed by atoms with Crippen molar-refractivity contribution in [2.45, 2.75) is 6.92 Å². The van der Waals surface area contributed by atoms with Gasteiger partial charge in [0.2, 0.25) is 5.82 Å². The van der Waals surface area contributed by atoms with Crippen LogP contribution in [0.15, 0.2) is 57.5 Å². The SMILES string of the molecule is Cc1ccc(-c2nc(-c3ccccc3Br)no2)cc1. The van der Waals surface area contributed by atoms with E-state index in [1.165, 1.54) is 5.56 Å². The van der Waals surface area contributed by atoms with E-state index in [2.05, 4.69) is 26.1 Å². The third kappa shape index (κ3) is 2.44. The first-order valence-electron chi connectivity index (χ1n) is 5.90.